The van der Waals surface area contributed by atoms with E-state index in [4.69, 9.17) is 0 Å². The fourth-order valence-electron chi connectivity index (χ4n) is 3.04. The summed E-state index contributed by atoms with van der Waals surface area (Å²) >= 11 is 0. The van der Waals surface area contributed by atoms with Crippen LogP contribution in [0, 0.1) is 0 Å². The van der Waals surface area contributed by atoms with E-state index in [-0.39, 0.29) is 0 Å². The third-order valence-corrected chi connectivity index (χ3v) is 14.7. The smallest absolute Gasteiger partial charge is 0.000213 e. The largest absolute Gasteiger partial charge is 0.218 e. The number of rotatable bonds is 7. The molecule has 0 N–H and O–H groups in total. The van der Waals surface area contributed by atoms with Crippen molar-refractivity contribution in [1.82, 2.24) is 0 Å². The van der Waals surface area contributed by atoms with Gasteiger partial charge in [0.1, 0.15) is 0 Å². The normalized spacial score (nSPS) is 16.4. The van der Waals surface area contributed by atoms with E-state index in [9.17, 15) is 0 Å². The van der Waals surface area contributed by atoms with Crippen molar-refractivity contribution in [1.29, 1.82) is 0 Å². The molecule has 0 aliphatic heterocycles. The summed E-state index contributed by atoms with van der Waals surface area (Å²) in [4.78, 5) is 3.14. The highest BCUT2D eigenvalue weighted by Crippen LogP contribution is 2.63. The highest BCUT2D eigenvalue weighted by molar-refractivity contribution is 8.34. The average molecular weight is 343 g/mol. The molecule has 0 saturated carbocycles. The van der Waals surface area contributed by atoms with Gasteiger partial charge < -0.3 is 0 Å². The molecule has 0 unspecified atom stereocenters. The van der Waals surface area contributed by atoms with Crippen LogP contribution in [0.25, 0.3) is 0 Å². The summed E-state index contributed by atoms with van der Waals surface area (Å²) in [7, 11) is -1.47. The SMILES string of the molecule is CC[C@@H](C)S(C)(C)c1ccc(S(C)(C)C(C)(CC)CC)cc1. The summed E-state index contributed by atoms with van der Waals surface area (Å²) < 4.78 is 0.438. The van der Waals surface area contributed by atoms with Gasteiger partial charge in [0.05, 0.1) is 0 Å². The Morgan fingerprint density at radius 3 is 1.64 bits per heavy atom. The van der Waals surface area contributed by atoms with Crippen LogP contribution in [0.2, 0.25) is 0 Å². The van der Waals surface area contributed by atoms with E-state index in [1.54, 1.807) is 9.79 Å². The van der Waals surface area contributed by atoms with Gasteiger partial charge in [-0.3, -0.25) is 0 Å². The van der Waals surface area contributed by atoms with E-state index >= 15 is 0 Å². The van der Waals surface area contributed by atoms with Gasteiger partial charge in [0.15, 0.2) is 0 Å². The molecule has 0 spiro atoms. The summed E-state index contributed by atoms with van der Waals surface area (Å²) in [6, 6.07) is 9.73. The number of hydrogen-bond acceptors (Lipinski definition) is 0. The molecule has 0 aliphatic rings. The lowest BCUT2D eigenvalue weighted by atomic mass is 10.1. The zero-order valence-electron chi connectivity index (χ0n) is 16.3. The minimum absolute atomic E-state index is 0.438. The van der Waals surface area contributed by atoms with Crippen LogP contribution >= 0.6 is 20.1 Å². The Bertz CT molecular complexity index is 467. The van der Waals surface area contributed by atoms with Crippen molar-refractivity contribution in [2.24, 2.45) is 0 Å². The van der Waals surface area contributed by atoms with E-state index < -0.39 is 20.1 Å². The number of hydrogen-bond donors (Lipinski definition) is 0. The Hall–Kier alpha value is -0.0800. The van der Waals surface area contributed by atoms with Crippen molar-refractivity contribution in [2.75, 3.05) is 25.0 Å². The molecule has 1 aromatic rings. The van der Waals surface area contributed by atoms with E-state index in [1.807, 2.05) is 0 Å². The van der Waals surface area contributed by atoms with Crippen molar-refractivity contribution >= 4 is 20.1 Å². The van der Waals surface area contributed by atoms with E-state index in [0.29, 0.717) is 4.75 Å². The van der Waals surface area contributed by atoms with Gasteiger partial charge in [0.25, 0.3) is 0 Å². The molecule has 2 heteroatoms. The van der Waals surface area contributed by atoms with Gasteiger partial charge in [0, 0.05) is 4.75 Å². The van der Waals surface area contributed by atoms with Gasteiger partial charge in [0.2, 0.25) is 0 Å². The van der Waals surface area contributed by atoms with Gasteiger partial charge in [-0.25, -0.2) is 20.1 Å². The lowest BCUT2D eigenvalue weighted by Gasteiger charge is -2.49. The van der Waals surface area contributed by atoms with Gasteiger partial charge in [-0.1, -0.05) is 34.6 Å². The maximum atomic E-state index is 2.50. The zero-order chi connectivity index (χ0) is 17.2. The first kappa shape index (κ1) is 20.0. The lowest BCUT2D eigenvalue weighted by Crippen LogP contribution is -2.29. The van der Waals surface area contributed by atoms with Crippen LogP contribution in [-0.2, 0) is 0 Å². The first-order chi connectivity index (χ1) is 10.1. The van der Waals surface area contributed by atoms with Gasteiger partial charge in [-0.15, -0.1) is 0 Å². The predicted molar refractivity (Wildman–Crippen MR) is 111 cm³/mol. The summed E-state index contributed by atoms with van der Waals surface area (Å²) in [6.07, 6.45) is 13.7. The van der Waals surface area contributed by atoms with Crippen LogP contribution < -0.4 is 0 Å². The summed E-state index contributed by atoms with van der Waals surface area (Å²) in [5.74, 6) is 0. The van der Waals surface area contributed by atoms with Gasteiger partial charge in [-0.2, -0.15) is 0 Å². The maximum absolute atomic E-state index is 2.50. The zero-order valence-corrected chi connectivity index (χ0v) is 18.0. The van der Waals surface area contributed by atoms with Crippen LogP contribution in [0.5, 0.6) is 0 Å². The van der Waals surface area contributed by atoms with Crippen molar-refractivity contribution in [3.8, 4) is 0 Å². The van der Waals surface area contributed by atoms with E-state index in [1.165, 1.54) is 19.3 Å². The van der Waals surface area contributed by atoms with Crippen LogP contribution in [-0.4, -0.2) is 35.0 Å². The molecule has 0 radical (unpaired) electrons. The second-order valence-electron chi connectivity index (χ2n) is 7.58. The molecule has 0 heterocycles. The molecule has 1 rings (SSSR count). The standard InChI is InChI=1S/C20H38S2/c1-10-17(4)21(6,7)18-13-15-19(16-14-18)22(8,9)20(5,11-2)12-3/h13-17H,10-12H2,1-9H3/t17-/m1/s1. The number of benzene rings is 1. The molecule has 130 valence electrons. The van der Waals surface area contributed by atoms with E-state index in [2.05, 4.69) is 83.9 Å². The molecular weight excluding hydrogens is 304 g/mol. The van der Waals surface area contributed by atoms with E-state index in [0.717, 1.165) is 5.25 Å². The Morgan fingerprint density at radius 2 is 1.27 bits per heavy atom. The fourth-order valence-corrected chi connectivity index (χ4v) is 8.00. The molecule has 0 aromatic heterocycles. The predicted octanol–water partition coefficient (Wildman–Crippen LogP) is 6.91. The fraction of sp³-hybridized carbons (Fsp3) is 0.700. The highest BCUT2D eigenvalue weighted by atomic mass is 32.3. The summed E-state index contributed by atoms with van der Waals surface area (Å²) in [6.45, 7) is 11.9. The molecule has 0 saturated heterocycles. The van der Waals surface area contributed by atoms with Crippen molar-refractivity contribution in [2.45, 2.75) is 73.7 Å². The second-order valence-corrected chi connectivity index (χ2v) is 15.8. The Labute approximate surface area is 143 Å². The topological polar surface area (TPSA) is 0 Å². The van der Waals surface area contributed by atoms with Crippen LogP contribution in [0.3, 0.4) is 0 Å². The van der Waals surface area contributed by atoms with Crippen LogP contribution in [0.4, 0.5) is 0 Å². The molecule has 0 amide bonds. The van der Waals surface area contributed by atoms with Crippen molar-refractivity contribution < 1.29 is 0 Å². The van der Waals surface area contributed by atoms with Crippen molar-refractivity contribution in [3.05, 3.63) is 24.3 Å². The monoisotopic (exact) mass is 342 g/mol. The Morgan fingerprint density at radius 1 is 0.864 bits per heavy atom. The molecule has 0 aliphatic carbocycles. The first-order valence-corrected chi connectivity index (χ1v) is 13.6. The maximum Gasteiger partial charge on any atom is 0.000213 e. The van der Waals surface area contributed by atoms with Crippen LogP contribution in [0.15, 0.2) is 34.1 Å². The molecule has 1 atom stereocenters. The molecule has 22 heavy (non-hydrogen) atoms. The highest BCUT2D eigenvalue weighted by Gasteiger charge is 2.35. The quantitative estimate of drug-likeness (QED) is 0.505. The van der Waals surface area contributed by atoms with Crippen molar-refractivity contribution in [3.63, 3.8) is 0 Å². The average Bonchev–Trinajstić information content (AvgIpc) is 2.52. The third-order valence-electron chi connectivity index (χ3n) is 6.33. The lowest BCUT2D eigenvalue weighted by molar-refractivity contribution is 0.589. The minimum Gasteiger partial charge on any atom is -0.218 e. The second kappa shape index (κ2) is 7.21. The van der Waals surface area contributed by atoms with Gasteiger partial charge in [-0.05, 0) is 83.6 Å². The molecule has 0 bridgehead atoms. The summed E-state index contributed by atoms with van der Waals surface area (Å²) in [5, 5.41) is 0.787. The molecular formula is C20H38S2. The molecule has 1 aromatic carbocycles. The molecule has 0 nitrogen and oxygen atoms in total. The van der Waals surface area contributed by atoms with Crippen LogP contribution in [0.1, 0.15) is 53.9 Å². The first-order valence-electron chi connectivity index (χ1n) is 8.62. The Kier molecular flexibility index (Phi) is 6.55. The van der Waals surface area contributed by atoms with Gasteiger partial charge >= 0.3 is 0 Å². The Balaban J connectivity index is 3.17. The third kappa shape index (κ3) is 3.53. The molecule has 0 fully saturated rings. The summed E-state index contributed by atoms with van der Waals surface area (Å²) in [5.41, 5.74) is 0. The minimum atomic E-state index is -0.780.